The molecule has 0 amide bonds. The van der Waals surface area contributed by atoms with E-state index in [0.717, 1.165) is 0 Å². The third-order valence-corrected chi connectivity index (χ3v) is 2.31. The predicted molar refractivity (Wildman–Crippen MR) is 49.4 cm³/mol. The van der Waals surface area contributed by atoms with Crippen LogP contribution in [-0.2, 0) is 5.33 Å². The average Bonchev–Trinajstić information content (AvgIpc) is 2.09. The number of nitrogens with one attached hydrogen (secondary N) is 1. The molecular weight excluding hydrogens is 244 g/mol. The molecule has 1 aromatic heterocycles. The van der Waals surface area contributed by atoms with Crippen molar-refractivity contribution in [2.24, 2.45) is 0 Å². The summed E-state index contributed by atoms with van der Waals surface area (Å²) >= 11 is 3.01. The van der Waals surface area contributed by atoms with Crippen molar-refractivity contribution >= 4 is 15.9 Å². The van der Waals surface area contributed by atoms with E-state index in [4.69, 9.17) is 0 Å². The van der Waals surface area contributed by atoms with Crippen LogP contribution in [0, 0.1) is 6.92 Å². The van der Waals surface area contributed by atoms with Gasteiger partial charge in [-0.15, -0.1) is 0 Å². The standard InChI is InChI=1S/C8H8BrF2NO/c1-4-3-12-6(8(10)11)5(2-9)7(4)13/h3,8H,2H2,1H3,(H,12,13). The lowest BCUT2D eigenvalue weighted by Crippen LogP contribution is -2.15. The lowest BCUT2D eigenvalue weighted by molar-refractivity contribution is 0.145. The number of hydrogen-bond donors (Lipinski definition) is 1. The molecule has 1 aromatic rings. The molecule has 0 unspecified atom stereocenters. The summed E-state index contributed by atoms with van der Waals surface area (Å²) in [5, 5.41) is 0.143. The summed E-state index contributed by atoms with van der Waals surface area (Å²) in [6.45, 7) is 1.58. The second-order valence-electron chi connectivity index (χ2n) is 2.63. The molecule has 0 aliphatic carbocycles. The van der Waals surface area contributed by atoms with E-state index in [0.29, 0.717) is 5.56 Å². The molecule has 1 heterocycles. The zero-order chi connectivity index (χ0) is 10.0. The zero-order valence-electron chi connectivity index (χ0n) is 6.90. The third kappa shape index (κ3) is 1.96. The van der Waals surface area contributed by atoms with Crippen molar-refractivity contribution in [1.82, 2.24) is 4.98 Å². The molecule has 0 atom stereocenters. The van der Waals surface area contributed by atoms with Crippen LogP contribution in [0.4, 0.5) is 8.78 Å². The van der Waals surface area contributed by atoms with Crippen LogP contribution in [0.15, 0.2) is 11.0 Å². The highest BCUT2D eigenvalue weighted by atomic mass is 79.9. The first kappa shape index (κ1) is 10.4. The molecule has 2 nitrogen and oxygen atoms in total. The van der Waals surface area contributed by atoms with Gasteiger partial charge in [0.05, 0.1) is 5.69 Å². The number of aromatic nitrogens is 1. The molecule has 0 aromatic carbocycles. The Morgan fingerprint density at radius 1 is 1.62 bits per heavy atom. The SMILES string of the molecule is Cc1c[nH]c(C(F)F)c(CBr)c1=O. The molecule has 72 valence electrons. The Labute approximate surface area is 82.1 Å². The zero-order valence-corrected chi connectivity index (χ0v) is 8.49. The maximum atomic E-state index is 12.3. The first-order valence-electron chi connectivity index (χ1n) is 3.63. The van der Waals surface area contributed by atoms with Gasteiger partial charge in [-0.3, -0.25) is 4.79 Å². The van der Waals surface area contributed by atoms with Crippen molar-refractivity contribution in [2.45, 2.75) is 18.7 Å². The number of alkyl halides is 3. The van der Waals surface area contributed by atoms with Crippen molar-refractivity contribution in [3.8, 4) is 0 Å². The maximum Gasteiger partial charge on any atom is 0.278 e. The topological polar surface area (TPSA) is 32.9 Å². The van der Waals surface area contributed by atoms with E-state index in [9.17, 15) is 13.6 Å². The molecule has 0 aliphatic heterocycles. The van der Waals surface area contributed by atoms with Crippen molar-refractivity contribution in [3.63, 3.8) is 0 Å². The second-order valence-corrected chi connectivity index (χ2v) is 3.19. The third-order valence-electron chi connectivity index (χ3n) is 1.75. The Morgan fingerprint density at radius 3 is 2.69 bits per heavy atom. The van der Waals surface area contributed by atoms with Gasteiger partial charge in [0.2, 0.25) is 0 Å². The normalized spacial score (nSPS) is 10.8. The van der Waals surface area contributed by atoms with E-state index >= 15 is 0 Å². The minimum atomic E-state index is -2.64. The van der Waals surface area contributed by atoms with Gasteiger partial charge < -0.3 is 4.98 Å². The van der Waals surface area contributed by atoms with E-state index in [1.165, 1.54) is 6.20 Å². The predicted octanol–water partition coefficient (Wildman–Crippen LogP) is 2.52. The monoisotopic (exact) mass is 251 g/mol. The average molecular weight is 252 g/mol. The smallest absolute Gasteiger partial charge is 0.278 e. The summed E-state index contributed by atoms with van der Waals surface area (Å²) in [4.78, 5) is 13.8. The number of aromatic amines is 1. The van der Waals surface area contributed by atoms with Gasteiger partial charge in [-0.2, -0.15) is 0 Å². The molecule has 0 radical (unpaired) electrons. The van der Waals surface area contributed by atoms with E-state index in [1.54, 1.807) is 6.92 Å². The Bertz CT molecular complexity index is 362. The summed E-state index contributed by atoms with van der Waals surface area (Å²) in [6, 6.07) is 0. The Kier molecular flexibility index (Phi) is 3.19. The molecule has 0 saturated carbocycles. The quantitative estimate of drug-likeness (QED) is 0.806. The highest BCUT2D eigenvalue weighted by molar-refractivity contribution is 9.08. The first-order valence-corrected chi connectivity index (χ1v) is 4.75. The molecule has 0 bridgehead atoms. The fraction of sp³-hybridized carbons (Fsp3) is 0.375. The molecule has 5 heteroatoms. The molecular formula is C8H8BrF2NO. The Hall–Kier alpha value is -0.710. The molecule has 0 fully saturated rings. The van der Waals surface area contributed by atoms with Crippen molar-refractivity contribution < 1.29 is 8.78 Å². The molecule has 0 aliphatic rings. The lowest BCUT2D eigenvalue weighted by Gasteiger charge is -2.05. The van der Waals surface area contributed by atoms with Gasteiger partial charge in [0.25, 0.3) is 6.43 Å². The van der Waals surface area contributed by atoms with Crippen LogP contribution in [0.2, 0.25) is 0 Å². The minimum absolute atomic E-state index is 0.106. The maximum absolute atomic E-state index is 12.3. The van der Waals surface area contributed by atoms with Gasteiger partial charge in [0, 0.05) is 22.7 Å². The van der Waals surface area contributed by atoms with Crippen LogP contribution in [0.5, 0.6) is 0 Å². The number of rotatable bonds is 2. The number of halogens is 3. The molecule has 0 saturated heterocycles. The highest BCUT2D eigenvalue weighted by Crippen LogP contribution is 2.19. The number of aryl methyl sites for hydroxylation is 1. The van der Waals surface area contributed by atoms with Crippen molar-refractivity contribution in [2.75, 3.05) is 0 Å². The van der Waals surface area contributed by atoms with E-state index in [1.807, 2.05) is 0 Å². The summed E-state index contributed by atoms with van der Waals surface area (Å²) in [6.07, 6.45) is -1.34. The van der Waals surface area contributed by atoms with E-state index < -0.39 is 6.43 Å². The fourth-order valence-corrected chi connectivity index (χ4v) is 1.58. The first-order chi connectivity index (χ1) is 6.07. The summed E-state index contributed by atoms with van der Waals surface area (Å²) in [5.41, 5.74) is -0.0766. The van der Waals surface area contributed by atoms with Gasteiger partial charge in [-0.05, 0) is 6.92 Å². The van der Waals surface area contributed by atoms with E-state index in [-0.39, 0.29) is 22.0 Å². The fourth-order valence-electron chi connectivity index (χ4n) is 1.03. The van der Waals surface area contributed by atoms with Crippen LogP contribution in [0.1, 0.15) is 23.2 Å². The molecule has 0 spiro atoms. The number of H-pyrrole nitrogens is 1. The van der Waals surface area contributed by atoms with E-state index in [2.05, 4.69) is 20.9 Å². The van der Waals surface area contributed by atoms with Crippen LogP contribution in [0.25, 0.3) is 0 Å². The van der Waals surface area contributed by atoms with Gasteiger partial charge in [0.15, 0.2) is 5.43 Å². The van der Waals surface area contributed by atoms with Crippen LogP contribution in [0.3, 0.4) is 0 Å². The summed E-state index contributed by atoms with van der Waals surface area (Å²) in [5.74, 6) is 0. The summed E-state index contributed by atoms with van der Waals surface area (Å²) < 4.78 is 24.7. The van der Waals surface area contributed by atoms with Crippen molar-refractivity contribution in [1.29, 1.82) is 0 Å². The van der Waals surface area contributed by atoms with Gasteiger partial charge in [0.1, 0.15) is 0 Å². The van der Waals surface area contributed by atoms with Crippen molar-refractivity contribution in [3.05, 3.63) is 33.2 Å². The molecule has 1 rings (SSSR count). The number of pyridine rings is 1. The lowest BCUT2D eigenvalue weighted by atomic mass is 10.1. The van der Waals surface area contributed by atoms with Gasteiger partial charge in [-0.25, -0.2) is 8.78 Å². The largest absolute Gasteiger partial charge is 0.360 e. The summed E-state index contributed by atoms with van der Waals surface area (Å²) in [7, 11) is 0. The van der Waals surface area contributed by atoms with Gasteiger partial charge >= 0.3 is 0 Å². The molecule has 1 N–H and O–H groups in total. The van der Waals surface area contributed by atoms with Crippen LogP contribution < -0.4 is 5.43 Å². The highest BCUT2D eigenvalue weighted by Gasteiger charge is 2.16. The van der Waals surface area contributed by atoms with Gasteiger partial charge in [-0.1, -0.05) is 15.9 Å². The number of hydrogen-bond acceptors (Lipinski definition) is 1. The molecule has 13 heavy (non-hydrogen) atoms. The second kappa shape index (κ2) is 4.00. The van der Waals surface area contributed by atoms with Crippen LogP contribution >= 0.6 is 15.9 Å². The Morgan fingerprint density at radius 2 is 2.23 bits per heavy atom. The van der Waals surface area contributed by atoms with Crippen LogP contribution in [-0.4, -0.2) is 4.98 Å². The Balaban J connectivity index is 3.39. The minimum Gasteiger partial charge on any atom is -0.360 e.